The van der Waals surface area contributed by atoms with Gasteiger partial charge < -0.3 is 10.8 Å². The molecule has 0 bridgehead atoms. The van der Waals surface area contributed by atoms with Crippen molar-refractivity contribution in [2.24, 2.45) is 5.73 Å². The maximum Gasteiger partial charge on any atom is 0.100 e. The van der Waals surface area contributed by atoms with Crippen molar-refractivity contribution in [2.45, 2.75) is 12.5 Å². The second-order valence-corrected chi connectivity index (χ2v) is 3.86. The number of nitrogens with two attached hydrogens (primary N) is 1. The Morgan fingerprint density at radius 2 is 2.08 bits per heavy atom. The van der Waals surface area contributed by atoms with Gasteiger partial charge in [0, 0.05) is 12.1 Å². The SMILES string of the molecule is CC(O)(CN)c1cccc(Cl)c1Cl. The van der Waals surface area contributed by atoms with E-state index in [1.165, 1.54) is 0 Å². The monoisotopic (exact) mass is 219 g/mol. The molecule has 0 aliphatic heterocycles. The van der Waals surface area contributed by atoms with Crippen molar-refractivity contribution in [2.75, 3.05) is 6.54 Å². The van der Waals surface area contributed by atoms with Crippen LogP contribution in [-0.2, 0) is 5.60 Å². The number of benzene rings is 1. The Bertz CT molecular complexity index is 312. The van der Waals surface area contributed by atoms with E-state index in [0.29, 0.717) is 15.6 Å². The van der Waals surface area contributed by atoms with Gasteiger partial charge in [0.1, 0.15) is 5.60 Å². The Morgan fingerprint density at radius 3 is 2.62 bits per heavy atom. The van der Waals surface area contributed by atoms with Crippen molar-refractivity contribution in [1.29, 1.82) is 0 Å². The fourth-order valence-electron chi connectivity index (χ4n) is 1.03. The average Bonchev–Trinajstić information content (AvgIpc) is 2.09. The molecular weight excluding hydrogens is 209 g/mol. The topological polar surface area (TPSA) is 46.2 Å². The molecule has 0 saturated heterocycles. The van der Waals surface area contributed by atoms with Gasteiger partial charge in [-0.3, -0.25) is 0 Å². The summed E-state index contributed by atoms with van der Waals surface area (Å²) >= 11 is 11.7. The van der Waals surface area contributed by atoms with Crippen LogP contribution < -0.4 is 5.73 Å². The lowest BCUT2D eigenvalue weighted by atomic mass is 9.96. The molecule has 0 amide bonds. The third-order valence-corrected chi connectivity index (χ3v) is 2.75. The highest BCUT2D eigenvalue weighted by Gasteiger charge is 2.24. The highest BCUT2D eigenvalue weighted by atomic mass is 35.5. The maximum absolute atomic E-state index is 9.83. The van der Waals surface area contributed by atoms with E-state index in [0.717, 1.165) is 0 Å². The number of hydrogen-bond donors (Lipinski definition) is 2. The Kier molecular flexibility index (Phi) is 3.19. The van der Waals surface area contributed by atoms with E-state index in [-0.39, 0.29) is 6.54 Å². The molecule has 0 aliphatic carbocycles. The van der Waals surface area contributed by atoms with Crippen LogP contribution in [0, 0.1) is 0 Å². The highest BCUT2D eigenvalue weighted by molar-refractivity contribution is 6.42. The van der Waals surface area contributed by atoms with Crippen LogP contribution in [0.1, 0.15) is 12.5 Å². The molecule has 4 heteroatoms. The van der Waals surface area contributed by atoms with Crippen LogP contribution in [0.5, 0.6) is 0 Å². The summed E-state index contributed by atoms with van der Waals surface area (Å²) in [6.45, 7) is 1.71. The van der Waals surface area contributed by atoms with Crippen LogP contribution in [-0.4, -0.2) is 11.7 Å². The predicted molar refractivity (Wildman–Crippen MR) is 55.1 cm³/mol. The van der Waals surface area contributed by atoms with Gasteiger partial charge in [0.05, 0.1) is 10.0 Å². The molecule has 0 aromatic heterocycles. The number of hydrogen-bond acceptors (Lipinski definition) is 2. The van der Waals surface area contributed by atoms with E-state index in [1.807, 2.05) is 0 Å². The van der Waals surface area contributed by atoms with Gasteiger partial charge in [-0.2, -0.15) is 0 Å². The largest absolute Gasteiger partial charge is 0.384 e. The van der Waals surface area contributed by atoms with E-state index in [4.69, 9.17) is 28.9 Å². The number of rotatable bonds is 2. The van der Waals surface area contributed by atoms with Crippen molar-refractivity contribution in [3.63, 3.8) is 0 Å². The first-order valence-electron chi connectivity index (χ1n) is 3.86. The lowest BCUT2D eigenvalue weighted by Crippen LogP contribution is -2.31. The zero-order valence-electron chi connectivity index (χ0n) is 7.22. The van der Waals surface area contributed by atoms with E-state index >= 15 is 0 Å². The minimum absolute atomic E-state index is 0.104. The zero-order valence-corrected chi connectivity index (χ0v) is 8.73. The van der Waals surface area contributed by atoms with Gasteiger partial charge in [-0.1, -0.05) is 35.3 Å². The molecule has 1 aromatic rings. The molecular formula is C9H11Cl2NO. The van der Waals surface area contributed by atoms with Crippen molar-refractivity contribution >= 4 is 23.2 Å². The van der Waals surface area contributed by atoms with Gasteiger partial charge in [0.15, 0.2) is 0 Å². The molecule has 2 nitrogen and oxygen atoms in total. The van der Waals surface area contributed by atoms with Crippen LogP contribution in [0.3, 0.4) is 0 Å². The first-order chi connectivity index (χ1) is 5.99. The summed E-state index contributed by atoms with van der Waals surface area (Å²) in [6.07, 6.45) is 0. The Balaban J connectivity index is 3.22. The molecule has 1 atom stereocenters. The van der Waals surface area contributed by atoms with Crippen LogP contribution in [0.15, 0.2) is 18.2 Å². The van der Waals surface area contributed by atoms with E-state index in [9.17, 15) is 5.11 Å². The molecule has 72 valence electrons. The standard InChI is InChI=1S/C9H11Cl2NO/c1-9(13,5-12)6-3-2-4-7(10)8(6)11/h2-4,13H,5,12H2,1H3. The van der Waals surface area contributed by atoms with Gasteiger partial charge >= 0.3 is 0 Å². The summed E-state index contributed by atoms with van der Waals surface area (Å²) in [5.41, 5.74) is 4.84. The molecule has 0 aliphatic rings. The molecule has 13 heavy (non-hydrogen) atoms. The summed E-state index contributed by atoms with van der Waals surface area (Å²) in [5, 5.41) is 10.6. The van der Waals surface area contributed by atoms with E-state index < -0.39 is 5.60 Å². The Morgan fingerprint density at radius 1 is 1.46 bits per heavy atom. The number of halogens is 2. The molecule has 0 heterocycles. The van der Waals surface area contributed by atoms with Crippen LogP contribution in [0.4, 0.5) is 0 Å². The quantitative estimate of drug-likeness (QED) is 0.802. The summed E-state index contributed by atoms with van der Waals surface area (Å²) in [4.78, 5) is 0. The first-order valence-corrected chi connectivity index (χ1v) is 4.61. The summed E-state index contributed by atoms with van der Waals surface area (Å²) in [6, 6.07) is 5.11. The van der Waals surface area contributed by atoms with Gasteiger partial charge in [0.2, 0.25) is 0 Å². The van der Waals surface area contributed by atoms with Gasteiger partial charge in [-0.05, 0) is 13.0 Å². The lowest BCUT2D eigenvalue weighted by molar-refractivity contribution is 0.0669. The Hall–Kier alpha value is -0.280. The molecule has 0 radical (unpaired) electrons. The maximum atomic E-state index is 9.83. The minimum Gasteiger partial charge on any atom is -0.384 e. The zero-order chi connectivity index (χ0) is 10.1. The van der Waals surface area contributed by atoms with E-state index in [1.54, 1.807) is 25.1 Å². The fourth-order valence-corrected chi connectivity index (χ4v) is 1.53. The molecule has 1 rings (SSSR count). The number of aliphatic hydroxyl groups is 1. The van der Waals surface area contributed by atoms with Crippen molar-refractivity contribution in [3.8, 4) is 0 Å². The molecule has 0 fully saturated rings. The summed E-state index contributed by atoms with van der Waals surface area (Å²) in [7, 11) is 0. The molecule has 1 unspecified atom stereocenters. The van der Waals surface area contributed by atoms with Gasteiger partial charge in [-0.25, -0.2) is 0 Å². The Labute approximate surface area is 87.3 Å². The van der Waals surface area contributed by atoms with Crippen LogP contribution in [0.25, 0.3) is 0 Å². The van der Waals surface area contributed by atoms with Crippen LogP contribution >= 0.6 is 23.2 Å². The predicted octanol–water partition coefficient (Wildman–Crippen LogP) is 2.16. The van der Waals surface area contributed by atoms with Crippen molar-refractivity contribution < 1.29 is 5.11 Å². The van der Waals surface area contributed by atoms with Gasteiger partial charge in [0.25, 0.3) is 0 Å². The smallest absolute Gasteiger partial charge is 0.100 e. The average molecular weight is 220 g/mol. The summed E-state index contributed by atoms with van der Waals surface area (Å²) < 4.78 is 0. The highest BCUT2D eigenvalue weighted by Crippen LogP contribution is 2.32. The fraction of sp³-hybridized carbons (Fsp3) is 0.333. The molecule has 1 aromatic carbocycles. The third kappa shape index (κ3) is 2.15. The molecule has 0 saturated carbocycles. The van der Waals surface area contributed by atoms with Crippen molar-refractivity contribution in [1.82, 2.24) is 0 Å². The normalized spacial score (nSPS) is 15.5. The third-order valence-electron chi connectivity index (χ3n) is 1.93. The molecule has 0 spiro atoms. The summed E-state index contributed by atoms with van der Waals surface area (Å²) in [5.74, 6) is 0. The minimum atomic E-state index is -1.12. The second-order valence-electron chi connectivity index (χ2n) is 3.08. The lowest BCUT2D eigenvalue weighted by Gasteiger charge is -2.23. The van der Waals surface area contributed by atoms with Gasteiger partial charge in [-0.15, -0.1) is 0 Å². The molecule has 3 N–H and O–H groups in total. The second kappa shape index (κ2) is 3.84. The van der Waals surface area contributed by atoms with Crippen LogP contribution in [0.2, 0.25) is 10.0 Å². The van der Waals surface area contributed by atoms with E-state index in [2.05, 4.69) is 0 Å². The van der Waals surface area contributed by atoms with Crippen molar-refractivity contribution in [3.05, 3.63) is 33.8 Å². The first kappa shape index (κ1) is 10.8.